The summed E-state index contributed by atoms with van der Waals surface area (Å²) < 4.78 is 5.77. The Kier molecular flexibility index (Phi) is 7.67. The van der Waals surface area contributed by atoms with Gasteiger partial charge < -0.3 is 26.0 Å². The van der Waals surface area contributed by atoms with Crippen LogP contribution in [0, 0.1) is 18.8 Å². The van der Waals surface area contributed by atoms with Crippen molar-refractivity contribution in [1.29, 1.82) is 0 Å². The lowest BCUT2D eigenvalue weighted by Gasteiger charge is -2.46. The van der Waals surface area contributed by atoms with E-state index in [9.17, 15) is 14.4 Å². The molecule has 3 aliphatic heterocycles. The number of aromatic nitrogens is 1. The maximum absolute atomic E-state index is 13.5. The molecule has 1 saturated carbocycles. The first kappa shape index (κ1) is 26.6. The molecule has 204 valence electrons. The molecular weight excluding hydrogens is 504 g/mol. The van der Waals surface area contributed by atoms with Gasteiger partial charge in [0.05, 0.1) is 34.8 Å². The van der Waals surface area contributed by atoms with E-state index in [1.807, 2.05) is 17.9 Å². The number of aryl methyl sites for hydroxylation is 1. The van der Waals surface area contributed by atoms with Crippen molar-refractivity contribution in [3.8, 4) is 5.88 Å². The first-order valence-electron chi connectivity index (χ1n) is 13.3. The quantitative estimate of drug-likeness (QED) is 0.374. The summed E-state index contributed by atoms with van der Waals surface area (Å²) in [4.78, 5) is 45.3. The van der Waals surface area contributed by atoms with E-state index in [1.54, 1.807) is 6.20 Å². The number of anilines is 1. The monoisotopic (exact) mass is 540 g/mol. The normalized spacial score (nSPS) is 28.2. The molecule has 38 heavy (non-hydrogen) atoms. The van der Waals surface area contributed by atoms with Crippen molar-refractivity contribution in [3.05, 3.63) is 41.1 Å². The van der Waals surface area contributed by atoms with E-state index in [0.29, 0.717) is 35.4 Å². The van der Waals surface area contributed by atoms with Crippen LogP contribution in [0.3, 0.4) is 0 Å². The van der Waals surface area contributed by atoms with Crippen LogP contribution in [0.25, 0.3) is 0 Å². The summed E-state index contributed by atoms with van der Waals surface area (Å²) in [6.07, 6.45) is 6.02. The van der Waals surface area contributed by atoms with Crippen molar-refractivity contribution in [3.63, 3.8) is 0 Å². The highest BCUT2D eigenvalue weighted by Crippen LogP contribution is 2.48. The Morgan fingerprint density at radius 2 is 2.05 bits per heavy atom. The van der Waals surface area contributed by atoms with E-state index < -0.39 is 0 Å². The molecular formula is C27H36N6O4S. The number of piperidine rings is 1. The average Bonchev–Trinajstić information content (AvgIpc) is 3.48. The van der Waals surface area contributed by atoms with Gasteiger partial charge in [-0.3, -0.25) is 14.5 Å². The molecule has 4 heterocycles. The molecule has 2 saturated heterocycles. The van der Waals surface area contributed by atoms with Gasteiger partial charge in [-0.25, -0.2) is 9.78 Å². The highest BCUT2D eigenvalue weighted by molar-refractivity contribution is 8.04. The van der Waals surface area contributed by atoms with Gasteiger partial charge in [0.1, 0.15) is 0 Å². The summed E-state index contributed by atoms with van der Waals surface area (Å²) in [5, 5.41) is 12.6. The molecule has 5 atom stereocenters. The highest BCUT2D eigenvalue weighted by Gasteiger charge is 2.52. The van der Waals surface area contributed by atoms with Crippen molar-refractivity contribution >= 4 is 35.3 Å². The Morgan fingerprint density at radius 1 is 1.29 bits per heavy atom. The van der Waals surface area contributed by atoms with Gasteiger partial charge in [-0.05, 0) is 56.7 Å². The van der Waals surface area contributed by atoms with E-state index >= 15 is 0 Å². The van der Waals surface area contributed by atoms with E-state index in [-0.39, 0.29) is 47.3 Å². The average molecular weight is 541 g/mol. The van der Waals surface area contributed by atoms with E-state index in [1.165, 1.54) is 17.8 Å². The molecule has 0 bridgehead atoms. The van der Waals surface area contributed by atoms with Crippen molar-refractivity contribution in [2.24, 2.45) is 11.8 Å². The van der Waals surface area contributed by atoms with Crippen LogP contribution in [-0.2, 0) is 9.59 Å². The molecule has 3 fully saturated rings. The fourth-order valence-electron chi connectivity index (χ4n) is 5.76. The second kappa shape index (κ2) is 11.0. The summed E-state index contributed by atoms with van der Waals surface area (Å²) in [7, 11) is 0. The van der Waals surface area contributed by atoms with Crippen molar-refractivity contribution < 1.29 is 19.1 Å². The molecule has 4 amide bonds. The van der Waals surface area contributed by atoms with Gasteiger partial charge in [0.15, 0.2) is 0 Å². The maximum Gasteiger partial charge on any atom is 0.326 e. The third-order valence-corrected chi connectivity index (χ3v) is 8.88. The fourth-order valence-corrected chi connectivity index (χ4v) is 7.16. The first-order valence-corrected chi connectivity index (χ1v) is 14.2. The maximum atomic E-state index is 13.5. The van der Waals surface area contributed by atoms with Gasteiger partial charge in [0, 0.05) is 29.8 Å². The first-order chi connectivity index (χ1) is 18.2. The number of nitrogens with zero attached hydrogens (tertiary/aromatic N) is 2. The number of carbonyl (C=O) groups excluding carboxylic acids is 3. The van der Waals surface area contributed by atoms with Crippen LogP contribution >= 0.6 is 11.8 Å². The Labute approximate surface area is 227 Å². The van der Waals surface area contributed by atoms with E-state index in [4.69, 9.17) is 4.74 Å². The number of amides is 4. The summed E-state index contributed by atoms with van der Waals surface area (Å²) in [6.45, 7) is 11.0. The van der Waals surface area contributed by atoms with Crippen LogP contribution in [0.1, 0.15) is 45.1 Å². The minimum absolute atomic E-state index is 0.00211. The van der Waals surface area contributed by atoms with Gasteiger partial charge in [-0.1, -0.05) is 32.2 Å². The third-order valence-electron chi connectivity index (χ3n) is 7.53. The van der Waals surface area contributed by atoms with Gasteiger partial charge in [0.2, 0.25) is 11.8 Å². The molecule has 3 unspecified atom stereocenters. The Balaban J connectivity index is 1.32. The zero-order valence-electron chi connectivity index (χ0n) is 22.1. The number of pyridine rings is 1. The molecule has 5 rings (SSSR count). The van der Waals surface area contributed by atoms with Crippen molar-refractivity contribution in [2.45, 2.75) is 70.0 Å². The lowest BCUT2D eigenvalue weighted by molar-refractivity contribution is -0.117. The van der Waals surface area contributed by atoms with Crippen LogP contribution < -0.4 is 30.9 Å². The SMILES string of the molecule is C=CC(=O)N[C@H]1CC[C@@H](NC(=O)C2=C3NC(=O)N(c4cnc(OCC(C)C)cc4C)C4CCNC(S2)C34)C1. The summed E-state index contributed by atoms with van der Waals surface area (Å²) >= 11 is 1.49. The van der Waals surface area contributed by atoms with Crippen LogP contribution in [0.15, 0.2) is 35.5 Å². The number of carbonyl (C=O) groups is 3. The smallest absolute Gasteiger partial charge is 0.326 e. The zero-order chi connectivity index (χ0) is 27.0. The molecule has 0 aromatic carbocycles. The lowest BCUT2D eigenvalue weighted by Crippen LogP contribution is -2.62. The second-order valence-corrected chi connectivity index (χ2v) is 12.0. The van der Waals surface area contributed by atoms with Gasteiger partial charge >= 0.3 is 6.03 Å². The lowest BCUT2D eigenvalue weighted by atomic mass is 9.86. The molecule has 1 aromatic rings. The van der Waals surface area contributed by atoms with Crippen LogP contribution in [0.2, 0.25) is 0 Å². The number of nitrogens with one attached hydrogen (secondary N) is 4. The summed E-state index contributed by atoms with van der Waals surface area (Å²) in [5.74, 6) is 0.540. The number of ether oxygens (including phenoxy) is 1. The molecule has 0 spiro atoms. The van der Waals surface area contributed by atoms with Gasteiger partial charge in [-0.15, -0.1) is 0 Å². The zero-order valence-corrected chi connectivity index (χ0v) is 22.9. The summed E-state index contributed by atoms with van der Waals surface area (Å²) in [5.41, 5.74) is 2.37. The molecule has 10 nitrogen and oxygen atoms in total. The molecule has 1 aliphatic carbocycles. The third kappa shape index (κ3) is 5.26. The van der Waals surface area contributed by atoms with Gasteiger partial charge in [-0.2, -0.15) is 0 Å². The Hall–Kier alpha value is -3.05. The standard InChI is InChI=1S/C27H36N6O4S/c1-5-20(34)30-16-6-7-17(11-16)31-25(35)24-23-22-18(8-9-28-26(22)38-24)33(27(36)32-23)19-12-29-21(10-15(19)4)37-13-14(2)3/h5,10,12,14,16-18,22,26,28H,1,6-9,11,13H2,2-4H3,(H,30,34)(H,31,35)(H,32,36)/t16-,17+,18?,22?,26?/m0/s1. The predicted octanol–water partition coefficient (Wildman–Crippen LogP) is 2.56. The van der Waals surface area contributed by atoms with Crippen LogP contribution in [0.5, 0.6) is 5.88 Å². The largest absolute Gasteiger partial charge is 0.477 e. The van der Waals surface area contributed by atoms with E-state index in [2.05, 4.69) is 46.7 Å². The fraction of sp³-hybridized carbons (Fsp3) is 0.556. The van der Waals surface area contributed by atoms with Gasteiger partial charge in [0.25, 0.3) is 5.91 Å². The minimum atomic E-state index is -0.247. The number of urea groups is 1. The molecule has 4 aliphatic rings. The number of rotatable bonds is 8. The number of thioether (sulfide) groups is 1. The number of hydrogen-bond donors (Lipinski definition) is 4. The predicted molar refractivity (Wildman–Crippen MR) is 147 cm³/mol. The van der Waals surface area contributed by atoms with Crippen molar-refractivity contribution in [1.82, 2.24) is 26.3 Å². The topological polar surface area (TPSA) is 125 Å². The second-order valence-electron chi connectivity index (χ2n) is 10.8. The Bertz CT molecular complexity index is 1170. The van der Waals surface area contributed by atoms with Crippen molar-refractivity contribution in [2.75, 3.05) is 18.1 Å². The van der Waals surface area contributed by atoms with Crippen LogP contribution in [0.4, 0.5) is 10.5 Å². The Morgan fingerprint density at radius 3 is 2.76 bits per heavy atom. The van der Waals surface area contributed by atoms with Crippen LogP contribution in [-0.4, -0.2) is 59.5 Å². The minimum Gasteiger partial charge on any atom is -0.477 e. The molecule has 1 aromatic heterocycles. The molecule has 11 heteroatoms. The summed E-state index contributed by atoms with van der Waals surface area (Å²) in [6, 6.07) is 1.54. The highest BCUT2D eigenvalue weighted by atomic mass is 32.2. The molecule has 4 N–H and O–H groups in total. The van der Waals surface area contributed by atoms with E-state index in [0.717, 1.165) is 37.1 Å². The number of hydrogen-bond acceptors (Lipinski definition) is 7. The molecule has 0 radical (unpaired) electrons.